The van der Waals surface area contributed by atoms with E-state index in [0.717, 1.165) is 45.3 Å². The first-order valence-corrected chi connectivity index (χ1v) is 16.8. The molecule has 0 fully saturated rings. The van der Waals surface area contributed by atoms with Crippen molar-refractivity contribution in [2.24, 2.45) is 0 Å². The van der Waals surface area contributed by atoms with Crippen molar-refractivity contribution < 1.29 is 19.1 Å². The molecule has 0 aliphatic rings. The molecule has 0 spiro atoms. The Kier molecular flexibility index (Phi) is 10.3. The average molecular weight is 669 g/mol. The van der Waals surface area contributed by atoms with E-state index in [1.165, 1.54) is 36.9 Å². The summed E-state index contributed by atoms with van der Waals surface area (Å²) >= 11 is 2.88. The van der Waals surface area contributed by atoms with Crippen molar-refractivity contribution in [3.8, 4) is 0 Å². The summed E-state index contributed by atoms with van der Waals surface area (Å²) in [5, 5.41) is 1.81. The van der Waals surface area contributed by atoms with Crippen molar-refractivity contribution in [3.05, 3.63) is 167 Å². The van der Waals surface area contributed by atoms with Crippen LogP contribution >= 0.6 is 22.7 Å². The monoisotopic (exact) mass is 668 g/mol. The van der Waals surface area contributed by atoms with Crippen LogP contribution in [0, 0.1) is 0 Å². The molecule has 0 aliphatic carbocycles. The van der Waals surface area contributed by atoms with Gasteiger partial charge >= 0.3 is 0 Å². The molecule has 0 amide bonds. The van der Waals surface area contributed by atoms with Crippen LogP contribution in [0.4, 0.5) is 32.8 Å². The van der Waals surface area contributed by atoms with Gasteiger partial charge in [-0.05, 0) is 72.8 Å². The van der Waals surface area contributed by atoms with Crippen LogP contribution in [0.15, 0.2) is 157 Å². The fourth-order valence-corrected chi connectivity index (χ4v) is 7.50. The molecule has 0 radical (unpaired) electrons. The van der Waals surface area contributed by atoms with Gasteiger partial charge in [-0.15, -0.1) is 22.7 Å². The van der Waals surface area contributed by atoms with Gasteiger partial charge in [-0.3, -0.25) is 9.59 Å². The number of thiophene rings is 2. The first-order chi connectivity index (χ1) is 23.7. The number of benzene rings is 4. The number of aldehydes is 2. The highest BCUT2D eigenvalue weighted by Crippen LogP contribution is 2.43. The van der Waals surface area contributed by atoms with Crippen LogP contribution in [0.1, 0.15) is 9.75 Å². The zero-order valence-electron chi connectivity index (χ0n) is 26.4. The minimum absolute atomic E-state index is 0.173. The topological polar surface area (TPSA) is 59.1 Å². The number of rotatable bonds is 13. The normalized spacial score (nSPS) is 12.0. The van der Waals surface area contributed by atoms with Gasteiger partial charge in [0.1, 0.15) is 10.0 Å². The maximum atomic E-state index is 12.8. The third kappa shape index (κ3) is 6.71. The maximum Gasteiger partial charge on any atom is 0.173 e. The Bertz CT molecular complexity index is 1810. The van der Waals surface area contributed by atoms with Gasteiger partial charge in [0.2, 0.25) is 0 Å². The number of carbonyl (C=O) groups is 2. The van der Waals surface area contributed by atoms with Gasteiger partial charge in [-0.2, -0.15) is 0 Å². The van der Waals surface area contributed by atoms with Crippen molar-refractivity contribution in [3.63, 3.8) is 0 Å². The lowest BCUT2D eigenvalue weighted by Gasteiger charge is -2.23. The van der Waals surface area contributed by atoms with Crippen LogP contribution < -0.4 is 9.80 Å². The van der Waals surface area contributed by atoms with E-state index in [1.807, 2.05) is 146 Å². The van der Waals surface area contributed by atoms with Gasteiger partial charge in [-0.1, -0.05) is 72.8 Å². The summed E-state index contributed by atoms with van der Waals surface area (Å²) in [7, 11) is 2.95. The molecule has 2 heterocycles. The van der Waals surface area contributed by atoms with E-state index in [9.17, 15) is 9.59 Å². The molecular weight excluding hydrogens is 637 g/mol. The van der Waals surface area contributed by atoms with Crippen molar-refractivity contribution in [1.29, 1.82) is 0 Å². The summed E-state index contributed by atoms with van der Waals surface area (Å²) < 4.78 is 11.7. The molecule has 0 N–H and O–H groups in total. The van der Waals surface area contributed by atoms with Gasteiger partial charge < -0.3 is 19.3 Å². The van der Waals surface area contributed by atoms with Crippen LogP contribution in [-0.4, -0.2) is 26.8 Å². The quantitative estimate of drug-likeness (QED) is 0.0528. The van der Waals surface area contributed by atoms with Crippen LogP contribution in [0.2, 0.25) is 0 Å². The second-order valence-electron chi connectivity index (χ2n) is 10.4. The summed E-state index contributed by atoms with van der Waals surface area (Å²) in [6.45, 7) is 0. The second kappa shape index (κ2) is 15.3. The number of hydrogen-bond acceptors (Lipinski definition) is 8. The van der Waals surface area contributed by atoms with E-state index < -0.39 is 0 Å². The lowest BCUT2D eigenvalue weighted by atomic mass is 10.1. The Hall–Kier alpha value is -5.70. The Morgan fingerprint density at radius 1 is 0.458 bits per heavy atom. The highest BCUT2D eigenvalue weighted by molar-refractivity contribution is 7.18. The standard InChI is InChI=1S/C40H32N2O4S2/c1-45-39(33(27-43)35-23-25-37(47-35)41(29-15-7-3-8-16-29)30-17-9-4-10-18-30)40(46-2)34(28-44)36-24-26-38(48-36)42(31-19-11-5-12-20-31)32-21-13-6-14-22-32/h3-28H,1-2H3/b39-33-,40-34-. The Morgan fingerprint density at radius 3 is 1.00 bits per heavy atom. The molecule has 48 heavy (non-hydrogen) atoms. The molecule has 0 aliphatic heterocycles. The highest BCUT2D eigenvalue weighted by Gasteiger charge is 2.25. The van der Waals surface area contributed by atoms with Crippen LogP contribution in [-0.2, 0) is 19.1 Å². The Balaban J connectivity index is 1.43. The first-order valence-electron chi connectivity index (χ1n) is 15.1. The number of methoxy groups -OCH3 is 2. The van der Waals surface area contributed by atoms with E-state index in [1.54, 1.807) is 0 Å². The molecule has 4 aromatic carbocycles. The third-order valence-corrected chi connectivity index (χ3v) is 9.76. The summed E-state index contributed by atoms with van der Waals surface area (Å²) in [6, 6.07) is 47.9. The molecule has 6 aromatic rings. The van der Waals surface area contributed by atoms with Crippen molar-refractivity contribution in [2.45, 2.75) is 0 Å². The molecule has 2 aromatic heterocycles. The molecule has 238 valence electrons. The predicted octanol–water partition coefficient (Wildman–Crippen LogP) is 10.6. The van der Waals surface area contributed by atoms with E-state index >= 15 is 0 Å². The lowest BCUT2D eigenvalue weighted by Crippen LogP contribution is -2.08. The smallest absolute Gasteiger partial charge is 0.173 e. The third-order valence-electron chi connectivity index (χ3n) is 7.55. The van der Waals surface area contributed by atoms with Gasteiger partial charge in [0.25, 0.3) is 0 Å². The molecule has 6 rings (SSSR count). The molecule has 8 heteroatoms. The molecule has 0 bridgehead atoms. The molecular formula is C40H32N2O4S2. The van der Waals surface area contributed by atoms with Crippen LogP contribution in [0.3, 0.4) is 0 Å². The largest absolute Gasteiger partial charge is 0.492 e. The number of ether oxygens (including phenoxy) is 2. The van der Waals surface area contributed by atoms with Gasteiger partial charge in [-0.25, -0.2) is 0 Å². The molecule has 0 saturated carbocycles. The summed E-state index contributed by atoms with van der Waals surface area (Å²) in [6.07, 6.45) is 1.50. The van der Waals surface area contributed by atoms with Crippen molar-refractivity contribution in [1.82, 2.24) is 0 Å². The van der Waals surface area contributed by atoms with Crippen molar-refractivity contribution >= 4 is 79.1 Å². The van der Waals surface area contributed by atoms with Crippen LogP contribution in [0.5, 0.6) is 0 Å². The van der Waals surface area contributed by atoms with E-state index in [-0.39, 0.29) is 22.7 Å². The van der Waals surface area contributed by atoms with E-state index in [0.29, 0.717) is 9.75 Å². The summed E-state index contributed by atoms with van der Waals surface area (Å²) in [5.41, 5.74) is 4.48. The van der Waals surface area contributed by atoms with E-state index in [2.05, 4.69) is 9.80 Å². The van der Waals surface area contributed by atoms with Gasteiger partial charge in [0.15, 0.2) is 24.1 Å². The Morgan fingerprint density at radius 2 is 0.750 bits per heavy atom. The molecule has 0 unspecified atom stereocenters. The number of anilines is 6. The SMILES string of the molecule is COC(/C(OC)=C(\C=O)c1ccc(N(c2ccccc2)c2ccccc2)s1)=C(/C=O)c1ccc(N(c2ccccc2)c2ccccc2)s1. The lowest BCUT2D eigenvalue weighted by molar-refractivity contribution is -0.104. The number of para-hydroxylation sites is 4. The molecule has 6 nitrogen and oxygen atoms in total. The Labute approximate surface area is 288 Å². The number of carbonyl (C=O) groups excluding carboxylic acids is 2. The highest BCUT2D eigenvalue weighted by atomic mass is 32.1. The molecule has 0 atom stereocenters. The number of hydrogen-bond donors (Lipinski definition) is 0. The fraction of sp³-hybridized carbons (Fsp3) is 0.0500. The zero-order valence-corrected chi connectivity index (χ0v) is 28.0. The average Bonchev–Trinajstić information content (AvgIpc) is 3.83. The van der Waals surface area contributed by atoms with Crippen LogP contribution in [0.25, 0.3) is 11.1 Å². The van der Waals surface area contributed by atoms with E-state index in [4.69, 9.17) is 9.47 Å². The summed E-state index contributed by atoms with van der Waals surface area (Å²) in [4.78, 5) is 31.2. The minimum Gasteiger partial charge on any atom is -0.492 e. The second-order valence-corrected chi connectivity index (χ2v) is 12.5. The fourth-order valence-electron chi connectivity index (χ4n) is 5.40. The predicted molar refractivity (Wildman–Crippen MR) is 198 cm³/mol. The maximum absolute atomic E-state index is 12.8. The number of nitrogens with zero attached hydrogens (tertiary/aromatic N) is 2. The minimum atomic E-state index is 0.173. The zero-order chi connectivity index (χ0) is 33.3. The number of allylic oxidation sites excluding steroid dienone is 2. The van der Waals surface area contributed by atoms with Crippen molar-refractivity contribution in [2.75, 3.05) is 24.0 Å². The van der Waals surface area contributed by atoms with Gasteiger partial charge in [0, 0.05) is 32.5 Å². The molecule has 0 saturated heterocycles. The first kappa shape index (κ1) is 32.2. The summed E-state index contributed by atoms with van der Waals surface area (Å²) in [5.74, 6) is 0.346. The van der Waals surface area contributed by atoms with Gasteiger partial charge in [0.05, 0.1) is 25.4 Å².